The van der Waals surface area contributed by atoms with E-state index in [0.717, 1.165) is 37.1 Å². The maximum atomic E-state index is 12.1. The van der Waals surface area contributed by atoms with E-state index in [1.807, 2.05) is 0 Å². The zero-order valence-electron chi connectivity index (χ0n) is 13.5. The number of alkyl halides is 3. The number of ether oxygens (including phenoxy) is 1. The highest BCUT2D eigenvalue weighted by Crippen LogP contribution is 2.32. The van der Waals surface area contributed by atoms with Gasteiger partial charge < -0.3 is 15.8 Å². The first-order chi connectivity index (χ1) is 11.6. The highest BCUT2D eigenvalue weighted by atomic mass is 35.5. The third kappa shape index (κ3) is 6.98. The van der Waals surface area contributed by atoms with Gasteiger partial charge in [-0.05, 0) is 43.0 Å². The average Bonchev–Trinajstić information content (AvgIpc) is 3.34. The van der Waals surface area contributed by atoms with Crippen LogP contribution in [0.2, 0.25) is 0 Å². The highest BCUT2D eigenvalue weighted by Gasteiger charge is 2.32. The maximum Gasteiger partial charge on any atom is 0.573 e. The van der Waals surface area contributed by atoms with E-state index in [1.54, 1.807) is 0 Å². The SMILES string of the molecule is Cl.NCC(NC(=O)CNS(=O)(=O)c1ccc(OC(F)(F)F)cc1)C1CC1. The summed E-state index contributed by atoms with van der Waals surface area (Å²) in [6.07, 6.45) is -2.92. The van der Waals surface area contributed by atoms with Crippen LogP contribution in [-0.4, -0.2) is 39.8 Å². The first kappa shape index (κ1) is 22.5. The Labute approximate surface area is 154 Å². The van der Waals surface area contributed by atoms with Gasteiger partial charge in [-0.1, -0.05) is 0 Å². The molecule has 0 bridgehead atoms. The molecule has 26 heavy (non-hydrogen) atoms. The Hall–Kier alpha value is -1.56. The summed E-state index contributed by atoms with van der Waals surface area (Å²) in [6.45, 7) is -0.226. The fourth-order valence-electron chi connectivity index (χ4n) is 2.19. The lowest BCUT2D eigenvalue weighted by Gasteiger charge is -2.16. The molecule has 7 nitrogen and oxygen atoms in total. The van der Waals surface area contributed by atoms with Gasteiger partial charge in [-0.25, -0.2) is 13.1 Å². The quantitative estimate of drug-likeness (QED) is 0.587. The van der Waals surface area contributed by atoms with Gasteiger partial charge in [0.25, 0.3) is 0 Å². The van der Waals surface area contributed by atoms with E-state index in [9.17, 15) is 26.4 Å². The second kappa shape index (κ2) is 8.89. The molecule has 0 aromatic heterocycles. The molecule has 0 saturated heterocycles. The molecule has 1 saturated carbocycles. The molecule has 0 spiro atoms. The molecular formula is C14H19ClF3N3O4S. The van der Waals surface area contributed by atoms with Crippen LogP contribution in [0.1, 0.15) is 12.8 Å². The van der Waals surface area contributed by atoms with Gasteiger partial charge in [-0.15, -0.1) is 25.6 Å². The predicted molar refractivity (Wildman–Crippen MR) is 89.3 cm³/mol. The van der Waals surface area contributed by atoms with Crippen LogP contribution >= 0.6 is 12.4 Å². The van der Waals surface area contributed by atoms with Crippen molar-refractivity contribution in [3.63, 3.8) is 0 Å². The van der Waals surface area contributed by atoms with Crippen molar-refractivity contribution >= 4 is 28.3 Å². The minimum Gasteiger partial charge on any atom is -0.406 e. The number of nitrogens with one attached hydrogen (secondary N) is 2. The minimum absolute atomic E-state index is 0. The standard InChI is InChI=1S/C14H18F3N3O4S.ClH/c15-14(16,17)24-10-3-5-11(6-4-10)25(22,23)19-8-13(21)20-12(7-18)9-1-2-9;/h3-6,9,12,19H,1-2,7-8,18H2,(H,20,21);1H. The van der Waals surface area contributed by atoms with E-state index < -0.39 is 34.6 Å². The number of carbonyl (C=O) groups is 1. The van der Waals surface area contributed by atoms with E-state index >= 15 is 0 Å². The molecule has 1 aliphatic rings. The molecule has 0 aliphatic heterocycles. The van der Waals surface area contributed by atoms with Crippen molar-refractivity contribution in [3.8, 4) is 5.75 Å². The summed E-state index contributed by atoms with van der Waals surface area (Å²) in [6, 6.07) is 3.47. The van der Waals surface area contributed by atoms with Crippen LogP contribution in [0.3, 0.4) is 0 Å². The summed E-state index contributed by atoms with van der Waals surface area (Å²) in [5.41, 5.74) is 5.55. The number of sulfonamides is 1. The van der Waals surface area contributed by atoms with Crippen LogP contribution in [0.15, 0.2) is 29.2 Å². The molecule has 4 N–H and O–H groups in total. The van der Waals surface area contributed by atoms with E-state index in [-0.39, 0.29) is 29.9 Å². The lowest BCUT2D eigenvalue weighted by molar-refractivity contribution is -0.274. The Morgan fingerprint density at radius 1 is 1.27 bits per heavy atom. The number of carbonyl (C=O) groups excluding carboxylic acids is 1. The molecule has 0 radical (unpaired) electrons. The molecule has 1 fully saturated rings. The number of nitrogens with two attached hydrogens (primary N) is 1. The van der Waals surface area contributed by atoms with Gasteiger partial charge in [0.2, 0.25) is 15.9 Å². The zero-order valence-corrected chi connectivity index (χ0v) is 15.1. The van der Waals surface area contributed by atoms with Crippen molar-refractivity contribution in [1.82, 2.24) is 10.0 Å². The van der Waals surface area contributed by atoms with Crippen molar-refractivity contribution in [3.05, 3.63) is 24.3 Å². The van der Waals surface area contributed by atoms with Gasteiger partial charge in [0.05, 0.1) is 11.4 Å². The average molecular weight is 418 g/mol. The number of hydrogen-bond donors (Lipinski definition) is 3. The largest absolute Gasteiger partial charge is 0.573 e. The Bertz CT molecular complexity index is 709. The molecule has 1 atom stereocenters. The van der Waals surface area contributed by atoms with Crippen molar-refractivity contribution in [2.45, 2.75) is 30.1 Å². The van der Waals surface area contributed by atoms with E-state index in [2.05, 4.69) is 14.8 Å². The summed E-state index contributed by atoms with van der Waals surface area (Å²) in [4.78, 5) is 11.5. The zero-order chi connectivity index (χ0) is 18.7. The molecule has 1 aromatic rings. The molecule has 1 amide bonds. The highest BCUT2D eigenvalue weighted by molar-refractivity contribution is 7.89. The molecular weight excluding hydrogens is 399 g/mol. The van der Waals surface area contributed by atoms with Gasteiger partial charge >= 0.3 is 6.36 Å². The molecule has 1 aliphatic carbocycles. The van der Waals surface area contributed by atoms with Gasteiger partial charge in [0.1, 0.15) is 5.75 Å². The Morgan fingerprint density at radius 3 is 2.31 bits per heavy atom. The summed E-state index contributed by atoms with van der Waals surface area (Å²) < 4.78 is 66.1. The fourth-order valence-corrected chi connectivity index (χ4v) is 3.17. The third-order valence-electron chi connectivity index (χ3n) is 3.58. The number of hydrogen-bond acceptors (Lipinski definition) is 5. The summed E-state index contributed by atoms with van der Waals surface area (Å²) >= 11 is 0. The Kier molecular flexibility index (Phi) is 7.69. The molecule has 2 rings (SSSR count). The van der Waals surface area contributed by atoms with E-state index in [1.165, 1.54) is 0 Å². The number of amides is 1. The summed E-state index contributed by atoms with van der Waals surface area (Å²) in [7, 11) is -4.04. The van der Waals surface area contributed by atoms with Gasteiger partial charge in [-0.2, -0.15) is 0 Å². The Balaban J connectivity index is 0.00000338. The van der Waals surface area contributed by atoms with Gasteiger partial charge in [-0.3, -0.25) is 4.79 Å². The molecule has 0 heterocycles. The molecule has 148 valence electrons. The number of rotatable bonds is 8. The maximum absolute atomic E-state index is 12.1. The van der Waals surface area contributed by atoms with Crippen LogP contribution in [0.25, 0.3) is 0 Å². The summed E-state index contributed by atoms with van der Waals surface area (Å²) in [5, 5.41) is 2.65. The van der Waals surface area contributed by atoms with Crippen molar-refractivity contribution < 1.29 is 31.1 Å². The van der Waals surface area contributed by atoms with Gasteiger partial charge in [0.15, 0.2) is 0 Å². The van der Waals surface area contributed by atoms with E-state index in [0.29, 0.717) is 5.92 Å². The Morgan fingerprint density at radius 2 is 1.85 bits per heavy atom. The van der Waals surface area contributed by atoms with Crippen molar-refractivity contribution in [2.24, 2.45) is 11.7 Å². The second-order valence-corrected chi connectivity index (χ2v) is 7.36. The smallest absolute Gasteiger partial charge is 0.406 e. The van der Waals surface area contributed by atoms with Crippen molar-refractivity contribution in [1.29, 1.82) is 0 Å². The van der Waals surface area contributed by atoms with Crippen LogP contribution in [0, 0.1) is 5.92 Å². The van der Waals surface area contributed by atoms with Crippen LogP contribution < -0.4 is 20.5 Å². The van der Waals surface area contributed by atoms with E-state index in [4.69, 9.17) is 5.73 Å². The van der Waals surface area contributed by atoms with Crippen molar-refractivity contribution in [2.75, 3.05) is 13.1 Å². The first-order valence-corrected chi connectivity index (χ1v) is 8.94. The monoisotopic (exact) mass is 417 g/mol. The van der Waals surface area contributed by atoms with Gasteiger partial charge in [0, 0.05) is 12.6 Å². The predicted octanol–water partition coefficient (Wildman–Crippen LogP) is 1.14. The normalized spacial score (nSPS) is 15.7. The molecule has 1 unspecified atom stereocenters. The number of halogens is 4. The minimum atomic E-state index is -4.86. The topological polar surface area (TPSA) is 111 Å². The first-order valence-electron chi connectivity index (χ1n) is 7.45. The fraction of sp³-hybridized carbons (Fsp3) is 0.500. The molecule has 12 heteroatoms. The second-order valence-electron chi connectivity index (χ2n) is 5.59. The van der Waals surface area contributed by atoms with Crippen LogP contribution in [0.5, 0.6) is 5.75 Å². The molecule has 1 aromatic carbocycles. The lowest BCUT2D eigenvalue weighted by Crippen LogP contribution is -2.46. The van der Waals surface area contributed by atoms with Crippen LogP contribution in [0.4, 0.5) is 13.2 Å². The summed E-state index contributed by atoms with van der Waals surface area (Å²) in [5.74, 6) is -0.742. The lowest BCUT2D eigenvalue weighted by atomic mass is 10.2. The number of benzene rings is 1. The third-order valence-corrected chi connectivity index (χ3v) is 5.00. The van der Waals surface area contributed by atoms with Crippen LogP contribution in [-0.2, 0) is 14.8 Å².